The number of amides is 2. The molecule has 3 N–H and O–H groups in total. The van der Waals surface area contributed by atoms with Crippen LogP contribution in [0.1, 0.15) is 19.3 Å². The Labute approximate surface area is 144 Å². The van der Waals surface area contributed by atoms with Gasteiger partial charge in [-0.05, 0) is 49.1 Å². The molecule has 24 heavy (non-hydrogen) atoms. The maximum Gasteiger partial charge on any atom is 0.321 e. The quantitative estimate of drug-likeness (QED) is 0.796. The van der Waals surface area contributed by atoms with Gasteiger partial charge in [0.05, 0.1) is 11.8 Å². The molecule has 2 bridgehead atoms. The summed E-state index contributed by atoms with van der Waals surface area (Å²) in [7, 11) is 0. The highest BCUT2D eigenvalue weighted by molar-refractivity contribution is 7.14. The zero-order chi connectivity index (χ0) is 16.5. The van der Waals surface area contributed by atoms with Crippen LogP contribution < -0.4 is 10.6 Å². The molecule has 2 aromatic rings. The van der Waals surface area contributed by atoms with Crippen molar-refractivity contribution >= 4 is 22.5 Å². The summed E-state index contributed by atoms with van der Waals surface area (Å²) in [5.41, 5.74) is 1.74. The lowest BCUT2D eigenvalue weighted by molar-refractivity contribution is 0.0954. The first-order valence-electron chi connectivity index (χ1n) is 8.28. The summed E-state index contributed by atoms with van der Waals surface area (Å²) in [6, 6.07) is 3.58. The summed E-state index contributed by atoms with van der Waals surface area (Å²) in [5.74, 6) is 1.49. The van der Waals surface area contributed by atoms with E-state index in [9.17, 15) is 9.90 Å². The number of thiazole rings is 1. The third-order valence-corrected chi connectivity index (χ3v) is 5.93. The van der Waals surface area contributed by atoms with E-state index in [2.05, 4.69) is 20.6 Å². The highest BCUT2D eigenvalue weighted by Gasteiger charge is 2.44. The number of anilines is 1. The number of rotatable bonds is 4. The number of carbonyl (C=O) groups excluding carboxylic acids is 1. The number of carbonyl (C=O) groups is 1. The molecule has 2 saturated carbocycles. The Hall–Kier alpha value is -1.99. The Kier molecular flexibility index (Phi) is 4.20. The molecule has 2 amide bonds. The van der Waals surface area contributed by atoms with Crippen molar-refractivity contribution in [3.05, 3.63) is 29.9 Å². The van der Waals surface area contributed by atoms with Gasteiger partial charge in [-0.2, -0.15) is 0 Å². The van der Waals surface area contributed by atoms with Crippen LogP contribution in [0.2, 0.25) is 0 Å². The molecule has 126 valence electrons. The number of fused-ring (bicyclic) bond motifs is 2. The summed E-state index contributed by atoms with van der Waals surface area (Å²) in [6.45, 7) is 0.667. The number of aliphatic hydroxyl groups excluding tert-OH is 1. The lowest BCUT2D eigenvalue weighted by Gasteiger charge is -2.24. The number of hydrogen-bond donors (Lipinski definition) is 3. The molecular formula is C17H20N4O2S. The monoisotopic (exact) mass is 344 g/mol. The molecule has 6 nitrogen and oxygen atoms in total. The summed E-state index contributed by atoms with van der Waals surface area (Å²) < 4.78 is 0. The number of aliphatic hydroxyl groups is 1. The number of pyridine rings is 1. The van der Waals surface area contributed by atoms with Gasteiger partial charge in [-0.3, -0.25) is 10.3 Å². The highest BCUT2D eigenvalue weighted by Crippen LogP contribution is 2.48. The first kappa shape index (κ1) is 15.5. The van der Waals surface area contributed by atoms with E-state index < -0.39 is 0 Å². The molecule has 2 fully saturated rings. The van der Waals surface area contributed by atoms with Gasteiger partial charge in [-0.1, -0.05) is 0 Å². The third-order valence-electron chi connectivity index (χ3n) is 5.17. The average molecular weight is 344 g/mol. The van der Waals surface area contributed by atoms with Gasteiger partial charge in [0.2, 0.25) is 0 Å². The van der Waals surface area contributed by atoms with E-state index in [-0.39, 0.29) is 12.1 Å². The van der Waals surface area contributed by atoms with Gasteiger partial charge >= 0.3 is 6.03 Å². The van der Waals surface area contributed by atoms with Gasteiger partial charge in [-0.15, -0.1) is 11.3 Å². The number of hydrogen-bond acceptors (Lipinski definition) is 5. The topological polar surface area (TPSA) is 87.1 Å². The molecule has 2 aromatic heterocycles. The lowest BCUT2D eigenvalue weighted by atomic mass is 9.87. The number of urea groups is 1. The number of aromatic nitrogens is 2. The molecule has 7 heteroatoms. The first-order chi connectivity index (χ1) is 11.7. The molecule has 0 radical (unpaired) electrons. The molecule has 0 unspecified atom stereocenters. The van der Waals surface area contributed by atoms with Crippen molar-refractivity contribution in [2.45, 2.75) is 25.4 Å². The summed E-state index contributed by atoms with van der Waals surface area (Å²) in [4.78, 5) is 20.6. The van der Waals surface area contributed by atoms with Crippen molar-refractivity contribution in [3.63, 3.8) is 0 Å². The van der Waals surface area contributed by atoms with Crippen molar-refractivity contribution in [1.29, 1.82) is 0 Å². The van der Waals surface area contributed by atoms with E-state index in [0.29, 0.717) is 29.4 Å². The minimum absolute atomic E-state index is 0.124. The summed E-state index contributed by atoms with van der Waals surface area (Å²) in [6.07, 6.45) is 6.37. The Morgan fingerprint density at radius 2 is 2.25 bits per heavy atom. The second kappa shape index (κ2) is 6.49. The largest absolute Gasteiger partial charge is 0.393 e. The minimum atomic E-state index is -0.217. The van der Waals surface area contributed by atoms with Gasteiger partial charge in [0, 0.05) is 29.9 Å². The molecule has 4 atom stereocenters. The average Bonchev–Trinajstić information content (AvgIpc) is 3.29. The fraction of sp³-hybridized carbons (Fsp3) is 0.471. The van der Waals surface area contributed by atoms with Crippen molar-refractivity contribution in [2.75, 3.05) is 11.9 Å². The van der Waals surface area contributed by atoms with Gasteiger partial charge in [0.25, 0.3) is 0 Å². The van der Waals surface area contributed by atoms with E-state index in [0.717, 1.165) is 30.5 Å². The Morgan fingerprint density at radius 3 is 2.96 bits per heavy atom. The molecular weight excluding hydrogens is 324 g/mol. The van der Waals surface area contributed by atoms with Crippen molar-refractivity contribution in [2.24, 2.45) is 17.8 Å². The molecule has 2 aliphatic carbocycles. The SMILES string of the molecule is O=C(NC[C@@H]1C[C@H]2C[C@@H]1C[C@H]2O)Nc1nc(-c2cccnc2)cs1. The second-order valence-corrected chi connectivity index (χ2v) is 7.53. The standard InChI is InChI=1S/C17H20N4O2S/c22-15-6-11-4-12(15)5-13(11)8-19-16(23)21-17-20-14(9-24-17)10-2-1-3-18-7-10/h1-3,7,9,11-13,15,22H,4-6,8H2,(H2,19,20,21,23)/t11-,12-,13+,15-/m1/s1. The molecule has 2 aliphatic rings. The first-order valence-corrected chi connectivity index (χ1v) is 9.16. The van der Waals surface area contributed by atoms with Gasteiger partial charge in [0.15, 0.2) is 5.13 Å². The van der Waals surface area contributed by atoms with E-state index in [1.807, 2.05) is 17.5 Å². The Balaban J connectivity index is 1.29. The van der Waals surface area contributed by atoms with Crippen LogP contribution in [0.5, 0.6) is 0 Å². The predicted octanol–water partition coefficient (Wildman–Crippen LogP) is 2.73. The van der Waals surface area contributed by atoms with Crippen LogP contribution in [-0.4, -0.2) is 33.8 Å². The minimum Gasteiger partial charge on any atom is -0.393 e. The predicted molar refractivity (Wildman–Crippen MR) is 92.7 cm³/mol. The van der Waals surface area contributed by atoms with Gasteiger partial charge < -0.3 is 10.4 Å². The maximum absolute atomic E-state index is 12.1. The van der Waals surface area contributed by atoms with Crippen molar-refractivity contribution in [1.82, 2.24) is 15.3 Å². The van der Waals surface area contributed by atoms with Crippen LogP contribution in [0.15, 0.2) is 29.9 Å². The molecule has 0 saturated heterocycles. The van der Waals surface area contributed by atoms with Crippen LogP contribution in [0.25, 0.3) is 11.3 Å². The Morgan fingerprint density at radius 1 is 1.33 bits per heavy atom. The maximum atomic E-state index is 12.1. The van der Waals surface area contributed by atoms with E-state index in [4.69, 9.17) is 0 Å². The molecule has 0 aliphatic heterocycles. The fourth-order valence-corrected chi connectivity index (χ4v) is 4.67. The smallest absolute Gasteiger partial charge is 0.321 e. The number of nitrogens with one attached hydrogen (secondary N) is 2. The van der Waals surface area contributed by atoms with Crippen LogP contribution in [0.3, 0.4) is 0 Å². The molecule has 2 heterocycles. The normalized spacial score (nSPS) is 28.0. The molecule has 0 spiro atoms. The third kappa shape index (κ3) is 3.14. The molecule has 4 rings (SSSR count). The Bertz CT molecular complexity index is 718. The van der Waals surface area contributed by atoms with Crippen LogP contribution >= 0.6 is 11.3 Å². The van der Waals surface area contributed by atoms with Crippen LogP contribution in [-0.2, 0) is 0 Å². The van der Waals surface area contributed by atoms with Crippen LogP contribution in [0.4, 0.5) is 9.93 Å². The van der Waals surface area contributed by atoms with E-state index in [1.54, 1.807) is 12.4 Å². The van der Waals surface area contributed by atoms with Crippen LogP contribution in [0, 0.1) is 17.8 Å². The number of nitrogens with zero attached hydrogens (tertiary/aromatic N) is 2. The lowest BCUT2D eigenvalue weighted by Crippen LogP contribution is -2.36. The van der Waals surface area contributed by atoms with Crippen molar-refractivity contribution in [3.8, 4) is 11.3 Å². The zero-order valence-corrected chi connectivity index (χ0v) is 14.0. The van der Waals surface area contributed by atoms with Gasteiger partial charge in [0.1, 0.15) is 0 Å². The fourth-order valence-electron chi connectivity index (χ4n) is 3.96. The highest BCUT2D eigenvalue weighted by atomic mass is 32.1. The summed E-state index contributed by atoms with van der Waals surface area (Å²) in [5, 5.41) is 18.0. The van der Waals surface area contributed by atoms with Gasteiger partial charge in [-0.25, -0.2) is 9.78 Å². The molecule has 0 aromatic carbocycles. The van der Waals surface area contributed by atoms with E-state index in [1.165, 1.54) is 11.3 Å². The van der Waals surface area contributed by atoms with E-state index >= 15 is 0 Å². The summed E-state index contributed by atoms with van der Waals surface area (Å²) >= 11 is 1.40. The van der Waals surface area contributed by atoms with Crippen molar-refractivity contribution < 1.29 is 9.90 Å². The second-order valence-electron chi connectivity index (χ2n) is 6.67. The zero-order valence-electron chi connectivity index (χ0n) is 13.2.